The first kappa shape index (κ1) is 44.2. The fourth-order valence-corrected chi connectivity index (χ4v) is 9.82. The maximum atomic E-state index is 5.54. The summed E-state index contributed by atoms with van der Waals surface area (Å²) in [6, 6.07) is 30.7. The van der Waals surface area contributed by atoms with E-state index in [2.05, 4.69) is 240 Å². The van der Waals surface area contributed by atoms with Gasteiger partial charge >= 0.3 is 0 Å². The molecule has 3 aromatic carbocycles. The predicted octanol–water partition coefficient (Wildman–Crippen LogP) is 9.24. The molecule has 342 valence electrons. The summed E-state index contributed by atoms with van der Waals surface area (Å²) in [4.78, 5) is 23.3. The maximum Gasteiger partial charge on any atom is 0.218 e. The first-order chi connectivity index (χ1) is 34.3. The van der Waals surface area contributed by atoms with Gasteiger partial charge in [-0.15, -0.1) is 0 Å². The van der Waals surface area contributed by atoms with Crippen molar-refractivity contribution >= 4 is 45.1 Å². The lowest BCUT2D eigenvalue weighted by Gasteiger charge is -2.20. The minimum atomic E-state index is 0.884. The molecular weight excluding hydrogens is 855 g/mol. The van der Waals surface area contributed by atoms with Crippen molar-refractivity contribution in [3.8, 4) is 0 Å². The van der Waals surface area contributed by atoms with Gasteiger partial charge in [0.25, 0.3) is 0 Å². The summed E-state index contributed by atoms with van der Waals surface area (Å²) in [6.45, 7) is 8.35. The summed E-state index contributed by atoms with van der Waals surface area (Å²) in [5.41, 5.74) is 22.3. The molecule has 2 N–H and O–H groups in total. The van der Waals surface area contributed by atoms with E-state index in [-0.39, 0.29) is 0 Å². The number of nitrogens with zero attached hydrogens (tertiary/aromatic N) is 5. The van der Waals surface area contributed by atoms with Crippen LogP contribution in [0.4, 0.5) is 0 Å². The van der Waals surface area contributed by atoms with Gasteiger partial charge < -0.3 is 9.80 Å². The lowest BCUT2D eigenvalue weighted by molar-refractivity contribution is -0.697. The van der Waals surface area contributed by atoms with Crippen LogP contribution in [0, 0.1) is 20.8 Å². The SMILES string of the molecule is Cc1ccc(C2=C3C=CC(=N3)C(c3ccc[n+](CCCCCCN4C=CC(=C5C=CN(C)C=C5)C=C4)c3)=C3C=CC(=N3)C(c3ccc(C)cc3)=C3C=CC(=[NH+]3)C(c3ccc(C)cc3)=C3C=CC2=[NH+]3)cc1. The third kappa shape index (κ3) is 9.31. The minimum Gasteiger partial charge on any atom is -0.357 e. The van der Waals surface area contributed by atoms with Crippen molar-refractivity contribution in [1.29, 1.82) is 0 Å². The van der Waals surface area contributed by atoms with Crippen LogP contribution in [0.3, 0.4) is 0 Å². The number of hydrogen-bond acceptors (Lipinski definition) is 4. The zero-order valence-electron chi connectivity index (χ0n) is 40.5. The summed E-state index contributed by atoms with van der Waals surface area (Å²) in [5, 5.41) is 0. The fourth-order valence-electron chi connectivity index (χ4n) is 9.82. The number of fused-ring (bicyclic) bond motifs is 4. The van der Waals surface area contributed by atoms with Crippen molar-refractivity contribution < 1.29 is 14.6 Å². The molecule has 0 unspecified atom stereocenters. The van der Waals surface area contributed by atoms with E-state index in [4.69, 9.17) is 9.98 Å². The quantitative estimate of drug-likeness (QED) is 0.117. The lowest BCUT2D eigenvalue weighted by Crippen LogP contribution is -2.71. The van der Waals surface area contributed by atoms with Crippen LogP contribution in [-0.2, 0) is 6.54 Å². The zero-order valence-corrected chi connectivity index (χ0v) is 40.5. The number of hydrogen-bond donors (Lipinski definition) is 2. The number of benzene rings is 3. The Morgan fingerprint density at radius 2 is 0.957 bits per heavy atom. The highest BCUT2D eigenvalue weighted by Crippen LogP contribution is 2.35. The molecule has 7 heteroatoms. The van der Waals surface area contributed by atoms with E-state index in [1.54, 1.807) is 0 Å². The van der Waals surface area contributed by atoms with Gasteiger partial charge in [-0.1, -0.05) is 95.9 Å². The molecule has 7 aliphatic heterocycles. The Labute approximate surface area is 412 Å². The smallest absolute Gasteiger partial charge is 0.218 e. The Bertz CT molecular complexity index is 3280. The normalized spacial score (nSPS) is 17.9. The van der Waals surface area contributed by atoms with Crippen LogP contribution in [-0.4, -0.2) is 46.2 Å². The van der Waals surface area contributed by atoms with Crippen molar-refractivity contribution in [1.82, 2.24) is 9.80 Å². The summed E-state index contributed by atoms with van der Waals surface area (Å²) >= 11 is 0. The highest BCUT2D eigenvalue weighted by molar-refractivity contribution is 6.37. The van der Waals surface area contributed by atoms with Gasteiger partial charge in [0.1, 0.15) is 12.1 Å². The van der Waals surface area contributed by atoms with E-state index in [0.717, 1.165) is 123 Å². The molecule has 0 fully saturated rings. The van der Waals surface area contributed by atoms with Crippen molar-refractivity contribution in [2.24, 2.45) is 9.98 Å². The van der Waals surface area contributed by atoms with E-state index in [9.17, 15) is 0 Å². The molecule has 70 heavy (non-hydrogen) atoms. The topological polar surface area (TPSA) is 63.0 Å². The molecule has 11 rings (SSSR count). The summed E-state index contributed by atoms with van der Waals surface area (Å²) in [5.74, 6) is 0. The molecule has 1 aromatic heterocycles. The second-order valence-corrected chi connectivity index (χ2v) is 18.9. The molecule has 4 aromatic rings. The van der Waals surface area contributed by atoms with Crippen molar-refractivity contribution in [3.63, 3.8) is 0 Å². The number of aromatic nitrogens is 1. The number of allylic oxidation sites excluding steroid dienone is 18. The number of aryl methyl sites for hydroxylation is 4. The number of pyridine rings is 1. The van der Waals surface area contributed by atoms with Crippen LogP contribution in [0.2, 0.25) is 0 Å². The molecule has 8 bridgehead atoms. The number of rotatable bonds is 11. The number of nitrogens with one attached hydrogen (secondary N) is 2. The highest BCUT2D eigenvalue weighted by atomic mass is 15.1. The van der Waals surface area contributed by atoms with Gasteiger partial charge in [-0.25, -0.2) is 24.5 Å². The van der Waals surface area contributed by atoms with Crippen LogP contribution in [0.25, 0.3) is 22.3 Å². The van der Waals surface area contributed by atoms with Crippen molar-refractivity contribution in [2.45, 2.75) is 53.0 Å². The second-order valence-electron chi connectivity index (χ2n) is 18.9. The van der Waals surface area contributed by atoms with E-state index in [1.807, 2.05) is 7.05 Å². The predicted molar refractivity (Wildman–Crippen MR) is 288 cm³/mol. The molecule has 8 heterocycles. The average molecular weight is 913 g/mol. The van der Waals surface area contributed by atoms with Crippen LogP contribution in [0.15, 0.2) is 239 Å². The Balaban J connectivity index is 0.943. The van der Waals surface area contributed by atoms with Crippen LogP contribution < -0.4 is 14.6 Å². The summed E-state index contributed by atoms with van der Waals surface area (Å²) in [7, 11) is 2.05. The fraction of sp³-hybridized carbons (Fsp3) is 0.159. The van der Waals surface area contributed by atoms with Gasteiger partial charge in [0.2, 0.25) is 22.8 Å². The Morgan fingerprint density at radius 3 is 1.57 bits per heavy atom. The van der Waals surface area contributed by atoms with Crippen LogP contribution >= 0.6 is 0 Å². The molecule has 0 radical (unpaired) electrons. The van der Waals surface area contributed by atoms with Gasteiger partial charge in [-0.3, -0.25) is 0 Å². The molecule has 0 amide bonds. The third-order valence-electron chi connectivity index (χ3n) is 13.7. The third-order valence-corrected chi connectivity index (χ3v) is 13.7. The van der Waals surface area contributed by atoms with Gasteiger partial charge in [0.05, 0.1) is 39.5 Å². The average Bonchev–Trinajstić information content (AvgIpc) is 4.24. The van der Waals surface area contributed by atoms with Gasteiger partial charge in [-0.05, 0) is 116 Å². The molecule has 0 saturated heterocycles. The van der Waals surface area contributed by atoms with Crippen molar-refractivity contribution in [3.05, 3.63) is 268 Å². The molecule has 0 aliphatic carbocycles. The highest BCUT2D eigenvalue weighted by Gasteiger charge is 2.33. The van der Waals surface area contributed by atoms with Crippen molar-refractivity contribution in [2.75, 3.05) is 13.6 Å². The Morgan fingerprint density at radius 1 is 0.457 bits per heavy atom. The largest absolute Gasteiger partial charge is 0.357 e. The van der Waals surface area contributed by atoms with Gasteiger partial charge in [-0.2, -0.15) is 0 Å². The summed E-state index contributed by atoms with van der Waals surface area (Å²) in [6.07, 6.45) is 43.9. The molecule has 0 saturated carbocycles. The van der Waals surface area contributed by atoms with E-state index in [1.165, 1.54) is 34.3 Å². The van der Waals surface area contributed by atoms with Gasteiger partial charge in [0, 0.05) is 80.8 Å². The van der Waals surface area contributed by atoms with Crippen LogP contribution in [0.5, 0.6) is 0 Å². The van der Waals surface area contributed by atoms with E-state index >= 15 is 0 Å². The zero-order chi connectivity index (χ0) is 47.6. The minimum absolute atomic E-state index is 0.884. The molecular formula is C63H58N7+3. The molecule has 0 atom stereocenters. The first-order valence-corrected chi connectivity index (χ1v) is 24.6. The summed E-state index contributed by atoms with van der Waals surface area (Å²) < 4.78 is 2.34. The Hall–Kier alpha value is -8.29. The molecule has 7 nitrogen and oxygen atoms in total. The molecule has 7 aliphatic rings. The molecule has 0 spiro atoms. The lowest BCUT2D eigenvalue weighted by atomic mass is 9.97. The second kappa shape index (κ2) is 19.4. The standard InChI is InChI=1S/C63H56N7/c1-43-11-17-48(18-12-43)60-52-23-25-54(64-52)61(49-19-13-44(2)14-20-49)56-27-29-58(66-56)63(59-30-28-57(67-59)62(55-26-24-53(60)65-55)50-21-15-45(3)16-22-50)51-10-9-37-70(42-51)36-8-6-5-7-35-69-40-33-47(34-41-69)46-31-38-68(4)39-32-46/h9-34,37-42H,5-8,35-36H2,1-4H3/q+1/p+2. The maximum absolute atomic E-state index is 5.54. The van der Waals surface area contributed by atoms with Gasteiger partial charge in [0.15, 0.2) is 12.4 Å². The van der Waals surface area contributed by atoms with E-state index in [0.29, 0.717) is 0 Å². The number of aliphatic imine (C=N–C) groups is 2. The Kier molecular flexibility index (Phi) is 12.2. The monoisotopic (exact) mass is 912 g/mol. The van der Waals surface area contributed by atoms with E-state index < -0.39 is 0 Å². The number of unbranched alkanes of at least 4 members (excludes halogenated alkanes) is 3. The van der Waals surface area contributed by atoms with Crippen LogP contribution in [0.1, 0.15) is 64.6 Å². The first-order valence-electron chi connectivity index (χ1n) is 24.6.